The van der Waals surface area contributed by atoms with E-state index in [0.29, 0.717) is 23.7 Å². The van der Waals surface area contributed by atoms with Crippen molar-refractivity contribution in [2.45, 2.75) is 71.4 Å². The van der Waals surface area contributed by atoms with Crippen molar-refractivity contribution < 1.29 is 9.53 Å². The van der Waals surface area contributed by atoms with Crippen LogP contribution < -0.4 is 5.73 Å². The minimum atomic E-state index is -0.433. The number of ether oxygens (including phenoxy) is 1. The molecule has 2 aromatic rings. The van der Waals surface area contributed by atoms with Crippen LogP contribution in [-0.4, -0.2) is 44.2 Å². The van der Waals surface area contributed by atoms with E-state index in [2.05, 4.69) is 27.7 Å². The van der Waals surface area contributed by atoms with E-state index in [4.69, 9.17) is 10.5 Å². The van der Waals surface area contributed by atoms with Crippen LogP contribution in [0.25, 0.3) is 11.0 Å². The quantitative estimate of drug-likeness (QED) is 0.813. The smallest absolute Gasteiger partial charge is 0.410 e. The number of hydrogen-bond donors (Lipinski definition) is 1. The average Bonchev–Trinajstić information content (AvgIpc) is 3.26. The molecule has 1 aliphatic heterocycles. The lowest BCUT2D eigenvalue weighted by Crippen LogP contribution is -2.42. The number of carbonyl (C=O) groups excluding carboxylic acids is 1. The molecule has 2 aliphatic rings. The summed E-state index contributed by atoms with van der Waals surface area (Å²) >= 11 is 0. The highest BCUT2D eigenvalue weighted by Gasteiger charge is 2.35. The fourth-order valence-corrected chi connectivity index (χ4v) is 5.13. The number of hydrogen-bond acceptors (Lipinski definition) is 5. The van der Waals surface area contributed by atoms with Gasteiger partial charge in [0.1, 0.15) is 23.4 Å². The van der Waals surface area contributed by atoms with Crippen LogP contribution >= 0.6 is 0 Å². The van der Waals surface area contributed by atoms with E-state index in [9.17, 15) is 4.79 Å². The van der Waals surface area contributed by atoms with Gasteiger partial charge in [-0.2, -0.15) is 0 Å². The number of nitrogens with two attached hydrogens (primary N) is 1. The molecule has 0 aromatic carbocycles. The molecule has 0 radical (unpaired) electrons. The summed E-state index contributed by atoms with van der Waals surface area (Å²) in [5.74, 6) is 1.95. The third-order valence-electron chi connectivity index (χ3n) is 6.53. The number of amides is 1. The first-order chi connectivity index (χ1) is 13.7. The van der Waals surface area contributed by atoms with E-state index in [0.717, 1.165) is 42.5 Å². The van der Waals surface area contributed by atoms with Crippen molar-refractivity contribution in [3.05, 3.63) is 18.1 Å². The summed E-state index contributed by atoms with van der Waals surface area (Å²) in [6, 6.07) is 0.467. The van der Waals surface area contributed by atoms with Gasteiger partial charge in [-0.1, -0.05) is 0 Å². The van der Waals surface area contributed by atoms with Crippen molar-refractivity contribution in [2.75, 3.05) is 18.8 Å². The van der Waals surface area contributed by atoms with Gasteiger partial charge in [0.2, 0.25) is 0 Å². The Morgan fingerprint density at radius 2 is 1.86 bits per heavy atom. The minimum Gasteiger partial charge on any atom is -0.444 e. The van der Waals surface area contributed by atoms with Gasteiger partial charge in [-0.05, 0) is 77.2 Å². The number of carbonyl (C=O) groups is 1. The Labute approximate surface area is 172 Å². The topological polar surface area (TPSA) is 86.3 Å². The molecular formula is C22H33N5O2. The van der Waals surface area contributed by atoms with E-state index < -0.39 is 5.60 Å². The largest absolute Gasteiger partial charge is 0.444 e. The lowest BCUT2D eigenvalue weighted by molar-refractivity contribution is 0.0159. The molecule has 29 heavy (non-hydrogen) atoms. The predicted molar refractivity (Wildman–Crippen MR) is 114 cm³/mol. The van der Waals surface area contributed by atoms with Gasteiger partial charge in [-0.3, -0.25) is 0 Å². The van der Waals surface area contributed by atoms with Gasteiger partial charge in [0, 0.05) is 25.3 Å². The van der Waals surface area contributed by atoms with Crippen LogP contribution in [0.4, 0.5) is 10.6 Å². The molecule has 2 N–H and O–H groups in total. The monoisotopic (exact) mass is 399 g/mol. The SMILES string of the molecule is Cc1cn(C2CCC(C3CCN(C(=O)OC(C)(C)C)CC3)C2)c2ncnc(N)c12. The number of likely N-dealkylation sites (tertiary alicyclic amines) is 1. The second-order valence-electron chi connectivity index (χ2n) is 9.71. The average molecular weight is 400 g/mol. The van der Waals surface area contributed by atoms with Crippen molar-refractivity contribution in [2.24, 2.45) is 11.8 Å². The first kappa shape index (κ1) is 20.0. The zero-order chi connectivity index (χ0) is 20.8. The summed E-state index contributed by atoms with van der Waals surface area (Å²) in [5.41, 5.74) is 7.75. The van der Waals surface area contributed by atoms with Gasteiger partial charge >= 0.3 is 6.09 Å². The summed E-state index contributed by atoms with van der Waals surface area (Å²) < 4.78 is 7.85. The third kappa shape index (κ3) is 4.05. The van der Waals surface area contributed by atoms with Gasteiger partial charge in [0.15, 0.2) is 0 Å². The second kappa shape index (κ2) is 7.50. The number of nitrogen functional groups attached to an aromatic ring is 1. The lowest BCUT2D eigenvalue weighted by atomic mass is 9.83. The summed E-state index contributed by atoms with van der Waals surface area (Å²) in [5, 5.41) is 0.988. The van der Waals surface area contributed by atoms with E-state index in [1.54, 1.807) is 6.33 Å². The van der Waals surface area contributed by atoms with Crippen LogP contribution in [0.5, 0.6) is 0 Å². The zero-order valence-electron chi connectivity index (χ0n) is 18.0. The molecule has 0 spiro atoms. The molecule has 1 saturated heterocycles. The molecule has 1 saturated carbocycles. The molecule has 2 aromatic heterocycles. The van der Waals surface area contributed by atoms with Crippen molar-refractivity contribution in [1.82, 2.24) is 19.4 Å². The van der Waals surface area contributed by atoms with Crippen molar-refractivity contribution in [1.29, 1.82) is 0 Å². The van der Waals surface area contributed by atoms with E-state index >= 15 is 0 Å². The Kier molecular flexibility index (Phi) is 5.17. The van der Waals surface area contributed by atoms with Gasteiger partial charge in [-0.25, -0.2) is 14.8 Å². The zero-order valence-corrected chi connectivity index (χ0v) is 18.0. The number of aryl methyl sites for hydroxylation is 1. The van der Waals surface area contributed by atoms with Crippen LogP contribution in [0, 0.1) is 18.8 Å². The first-order valence-electron chi connectivity index (χ1n) is 10.8. The maximum atomic E-state index is 12.3. The lowest BCUT2D eigenvalue weighted by Gasteiger charge is -2.35. The number of nitrogens with zero attached hydrogens (tertiary/aromatic N) is 4. The van der Waals surface area contributed by atoms with Gasteiger partial charge < -0.3 is 19.9 Å². The number of rotatable bonds is 2. The molecule has 1 aliphatic carbocycles. The highest BCUT2D eigenvalue weighted by Crippen LogP contribution is 2.43. The summed E-state index contributed by atoms with van der Waals surface area (Å²) in [4.78, 5) is 22.9. The molecule has 7 nitrogen and oxygen atoms in total. The summed E-state index contributed by atoms with van der Waals surface area (Å²) in [6.45, 7) is 9.44. The Morgan fingerprint density at radius 1 is 1.14 bits per heavy atom. The third-order valence-corrected chi connectivity index (χ3v) is 6.53. The van der Waals surface area contributed by atoms with E-state index in [-0.39, 0.29) is 6.09 Å². The maximum Gasteiger partial charge on any atom is 0.410 e. The Morgan fingerprint density at radius 3 is 2.55 bits per heavy atom. The minimum absolute atomic E-state index is 0.174. The Hall–Kier alpha value is -2.31. The van der Waals surface area contributed by atoms with Crippen LogP contribution in [0.1, 0.15) is 64.5 Å². The molecule has 7 heteroatoms. The normalized spacial score (nSPS) is 23.7. The molecule has 2 atom stereocenters. The molecule has 4 rings (SSSR count). The maximum absolute atomic E-state index is 12.3. The Bertz CT molecular complexity index is 892. The van der Waals surface area contributed by atoms with Gasteiger partial charge in [0.05, 0.1) is 5.39 Å². The number of piperidine rings is 1. The molecule has 0 bridgehead atoms. The Balaban J connectivity index is 1.38. The molecule has 2 unspecified atom stereocenters. The predicted octanol–water partition coefficient (Wildman–Crippen LogP) is 4.31. The number of fused-ring (bicyclic) bond motifs is 1. The van der Waals surface area contributed by atoms with Crippen molar-refractivity contribution in [3.63, 3.8) is 0 Å². The number of anilines is 1. The van der Waals surface area contributed by atoms with Gasteiger partial charge in [0.25, 0.3) is 0 Å². The molecule has 2 fully saturated rings. The van der Waals surface area contributed by atoms with E-state index in [1.807, 2.05) is 25.7 Å². The molecule has 158 valence electrons. The summed E-state index contributed by atoms with van der Waals surface area (Å²) in [7, 11) is 0. The van der Waals surface area contributed by atoms with Crippen molar-refractivity contribution in [3.8, 4) is 0 Å². The van der Waals surface area contributed by atoms with Crippen LogP contribution in [0.15, 0.2) is 12.5 Å². The molecular weight excluding hydrogens is 366 g/mol. The molecule has 3 heterocycles. The molecule has 1 amide bonds. The van der Waals surface area contributed by atoms with Crippen molar-refractivity contribution >= 4 is 22.9 Å². The highest BCUT2D eigenvalue weighted by molar-refractivity contribution is 5.89. The van der Waals surface area contributed by atoms with Crippen LogP contribution in [-0.2, 0) is 4.74 Å². The fraction of sp³-hybridized carbons (Fsp3) is 0.682. The fourth-order valence-electron chi connectivity index (χ4n) is 5.13. The highest BCUT2D eigenvalue weighted by atomic mass is 16.6. The van der Waals surface area contributed by atoms with Gasteiger partial charge in [-0.15, -0.1) is 0 Å². The standard InChI is InChI=1S/C22H33N5O2/c1-14-12-27(20-18(14)19(23)24-13-25-20)17-6-5-16(11-17)15-7-9-26(10-8-15)21(28)29-22(2,3)4/h12-13,15-17H,5-11H2,1-4H3,(H2,23,24,25). The second-order valence-corrected chi connectivity index (χ2v) is 9.71. The van der Waals surface area contributed by atoms with Crippen LogP contribution in [0.2, 0.25) is 0 Å². The first-order valence-corrected chi connectivity index (χ1v) is 10.8. The number of aromatic nitrogens is 3. The van der Waals surface area contributed by atoms with Crippen LogP contribution in [0.3, 0.4) is 0 Å². The van der Waals surface area contributed by atoms with E-state index in [1.165, 1.54) is 19.3 Å². The summed E-state index contributed by atoms with van der Waals surface area (Å²) in [6.07, 6.45) is 9.29.